The van der Waals surface area contributed by atoms with Crippen LogP contribution in [0.2, 0.25) is 10.0 Å². The van der Waals surface area contributed by atoms with Crippen LogP contribution in [-0.2, 0) is 0 Å². The average Bonchev–Trinajstić information content (AvgIpc) is 2.34. The van der Waals surface area contributed by atoms with Crippen LogP contribution < -0.4 is 4.90 Å². The van der Waals surface area contributed by atoms with E-state index in [0.29, 0.717) is 16.5 Å². The fraction of sp³-hybridized carbons (Fsp3) is 0.462. The summed E-state index contributed by atoms with van der Waals surface area (Å²) in [5.41, 5.74) is 0.958. The first kappa shape index (κ1) is 12.5. The Morgan fingerprint density at radius 2 is 2.18 bits per heavy atom. The molecule has 0 bridgehead atoms. The molecule has 1 fully saturated rings. The van der Waals surface area contributed by atoms with Crippen molar-refractivity contribution in [2.75, 3.05) is 11.4 Å². The maximum absolute atomic E-state index is 8.87. The van der Waals surface area contributed by atoms with E-state index in [4.69, 9.17) is 28.5 Å². The molecule has 0 amide bonds. The summed E-state index contributed by atoms with van der Waals surface area (Å²) in [6.07, 6.45) is 3.92. The number of halogens is 2. The van der Waals surface area contributed by atoms with E-state index in [-0.39, 0.29) is 6.04 Å². The van der Waals surface area contributed by atoms with Crippen LogP contribution in [0.3, 0.4) is 0 Å². The molecule has 2 rings (SSSR count). The molecule has 0 N–H and O–H groups in total. The fourth-order valence-corrected chi connectivity index (χ4v) is 2.75. The fourth-order valence-electron chi connectivity index (χ4n) is 2.35. The molecule has 1 atom stereocenters. The van der Waals surface area contributed by atoms with E-state index in [2.05, 4.69) is 11.0 Å². The molecule has 1 aliphatic rings. The van der Waals surface area contributed by atoms with E-state index in [9.17, 15) is 0 Å². The molecule has 17 heavy (non-hydrogen) atoms. The standard InChI is InChI=1S/C13H14Cl2N2/c14-11-5-3-6-12(13(11)15)17-9-2-1-4-10(17)7-8-16/h3,5-6,10H,1-2,4,7,9H2. The Morgan fingerprint density at radius 3 is 2.94 bits per heavy atom. The van der Waals surface area contributed by atoms with Crippen LogP contribution in [-0.4, -0.2) is 12.6 Å². The van der Waals surface area contributed by atoms with Gasteiger partial charge in [0.25, 0.3) is 0 Å². The number of nitrogens with zero attached hydrogens (tertiary/aromatic N) is 2. The lowest BCUT2D eigenvalue weighted by Crippen LogP contribution is -2.39. The van der Waals surface area contributed by atoms with Gasteiger partial charge in [-0.05, 0) is 31.4 Å². The predicted molar refractivity (Wildman–Crippen MR) is 71.7 cm³/mol. The van der Waals surface area contributed by atoms with Crippen LogP contribution in [0.25, 0.3) is 0 Å². The molecular weight excluding hydrogens is 255 g/mol. The third-order valence-electron chi connectivity index (χ3n) is 3.19. The topological polar surface area (TPSA) is 27.0 Å². The van der Waals surface area contributed by atoms with Crippen molar-refractivity contribution in [1.82, 2.24) is 0 Å². The lowest BCUT2D eigenvalue weighted by molar-refractivity contribution is 0.465. The van der Waals surface area contributed by atoms with Crippen LogP contribution in [0.5, 0.6) is 0 Å². The molecule has 2 nitrogen and oxygen atoms in total. The van der Waals surface area contributed by atoms with Gasteiger partial charge in [0, 0.05) is 12.6 Å². The minimum absolute atomic E-state index is 0.268. The molecule has 1 aromatic rings. The normalized spacial score (nSPS) is 20.1. The highest BCUT2D eigenvalue weighted by Gasteiger charge is 2.24. The molecule has 90 valence electrons. The Morgan fingerprint density at radius 1 is 1.35 bits per heavy atom. The van der Waals surface area contributed by atoms with Crippen LogP contribution in [0.4, 0.5) is 5.69 Å². The molecular formula is C13H14Cl2N2. The third kappa shape index (κ3) is 2.68. The van der Waals surface area contributed by atoms with Crippen molar-refractivity contribution >= 4 is 28.9 Å². The van der Waals surface area contributed by atoms with Gasteiger partial charge in [0.15, 0.2) is 0 Å². The molecule has 4 heteroatoms. The Kier molecular flexibility index (Phi) is 4.15. The number of rotatable bonds is 2. The number of hydrogen-bond acceptors (Lipinski definition) is 2. The molecule has 0 spiro atoms. The Balaban J connectivity index is 2.30. The van der Waals surface area contributed by atoms with Gasteiger partial charge in [-0.3, -0.25) is 0 Å². The maximum Gasteiger partial charge on any atom is 0.0825 e. The first-order valence-electron chi connectivity index (χ1n) is 5.81. The first-order valence-corrected chi connectivity index (χ1v) is 6.57. The summed E-state index contributed by atoms with van der Waals surface area (Å²) in [5, 5.41) is 10.0. The van der Waals surface area contributed by atoms with Crippen molar-refractivity contribution in [3.63, 3.8) is 0 Å². The van der Waals surface area contributed by atoms with Crippen molar-refractivity contribution in [3.05, 3.63) is 28.2 Å². The molecule has 1 saturated heterocycles. The van der Waals surface area contributed by atoms with Gasteiger partial charge >= 0.3 is 0 Å². The van der Waals surface area contributed by atoms with E-state index < -0.39 is 0 Å². The lowest BCUT2D eigenvalue weighted by atomic mass is 9.99. The molecule has 0 radical (unpaired) electrons. The van der Waals surface area contributed by atoms with Crippen molar-refractivity contribution in [2.45, 2.75) is 31.7 Å². The van der Waals surface area contributed by atoms with Gasteiger partial charge in [-0.25, -0.2) is 0 Å². The number of nitriles is 1. The summed E-state index contributed by atoms with van der Waals surface area (Å²) < 4.78 is 0. The number of hydrogen-bond donors (Lipinski definition) is 0. The van der Waals surface area contributed by atoms with Gasteiger partial charge in [0.1, 0.15) is 0 Å². The highest BCUT2D eigenvalue weighted by molar-refractivity contribution is 6.43. The van der Waals surface area contributed by atoms with Crippen molar-refractivity contribution in [3.8, 4) is 6.07 Å². The van der Waals surface area contributed by atoms with Gasteiger partial charge < -0.3 is 4.90 Å². The number of piperidine rings is 1. The second kappa shape index (κ2) is 5.62. The third-order valence-corrected chi connectivity index (χ3v) is 4.00. The lowest BCUT2D eigenvalue weighted by Gasteiger charge is -2.37. The Bertz CT molecular complexity index is 440. The summed E-state index contributed by atoms with van der Waals surface area (Å²) in [4.78, 5) is 2.22. The van der Waals surface area contributed by atoms with Gasteiger partial charge in [-0.2, -0.15) is 5.26 Å². The van der Waals surface area contributed by atoms with Crippen molar-refractivity contribution < 1.29 is 0 Å². The maximum atomic E-state index is 8.87. The van der Waals surface area contributed by atoms with Crippen LogP contribution in [0.1, 0.15) is 25.7 Å². The minimum atomic E-state index is 0.268. The predicted octanol–water partition coefficient (Wildman–Crippen LogP) is 4.27. The van der Waals surface area contributed by atoms with Crippen molar-refractivity contribution in [1.29, 1.82) is 5.26 Å². The van der Waals surface area contributed by atoms with Gasteiger partial charge in [-0.1, -0.05) is 29.3 Å². The summed E-state index contributed by atoms with van der Waals surface area (Å²) in [5.74, 6) is 0. The number of anilines is 1. The van der Waals surface area contributed by atoms with Crippen LogP contribution >= 0.6 is 23.2 Å². The molecule has 0 aliphatic carbocycles. The van der Waals surface area contributed by atoms with E-state index in [1.54, 1.807) is 6.07 Å². The van der Waals surface area contributed by atoms with E-state index in [1.165, 1.54) is 6.42 Å². The molecule has 0 saturated carbocycles. The number of benzene rings is 1. The summed E-state index contributed by atoms with van der Waals surface area (Å²) >= 11 is 12.3. The minimum Gasteiger partial charge on any atom is -0.366 e. The second-order valence-electron chi connectivity index (χ2n) is 4.28. The molecule has 1 heterocycles. The molecule has 1 aliphatic heterocycles. The highest BCUT2D eigenvalue weighted by Crippen LogP contribution is 2.36. The zero-order chi connectivity index (χ0) is 12.3. The summed E-state index contributed by atoms with van der Waals surface area (Å²) in [7, 11) is 0. The van der Waals surface area contributed by atoms with E-state index >= 15 is 0 Å². The zero-order valence-corrected chi connectivity index (χ0v) is 11.0. The van der Waals surface area contributed by atoms with Crippen LogP contribution in [0, 0.1) is 11.3 Å². The summed E-state index contributed by atoms with van der Waals surface area (Å²) in [6.45, 7) is 0.951. The molecule has 1 unspecified atom stereocenters. The molecule has 1 aromatic carbocycles. The van der Waals surface area contributed by atoms with Gasteiger partial charge in [0.2, 0.25) is 0 Å². The Hall–Kier alpha value is -0.910. The van der Waals surface area contributed by atoms with E-state index in [1.807, 2.05) is 12.1 Å². The van der Waals surface area contributed by atoms with Gasteiger partial charge in [-0.15, -0.1) is 0 Å². The average molecular weight is 269 g/mol. The largest absolute Gasteiger partial charge is 0.366 e. The SMILES string of the molecule is N#CCC1CCCCN1c1cccc(Cl)c1Cl. The van der Waals surface area contributed by atoms with Crippen LogP contribution in [0.15, 0.2) is 18.2 Å². The molecule has 0 aromatic heterocycles. The zero-order valence-electron chi connectivity index (χ0n) is 9.50. The second-order valence-corrected chi connectivity index (χ2v) is 5.06. The van der Waals surface area contributed by atoms with Crippen molar-refractivity contribution in [2.24, 2.45) is 0 Å². The Labute approximate surface area is 112 Å². The highest BCUT2D eigenvalue weighted by atomic mass is 35.5. The van der Waals surface area contributed by atoms with Gasteiger partial charge in [0.05, 0.1) is 28.2 Å². The smallest absolute Gasteiger partial charge is 0.0825 e. The van der Waals surface area contributed by atoms with E-state index in [0.717, 1.165) is 25.1 Å². The quantitative estimate of drug-likeness (QED) is 0.801. The monoisotopic (exact) mass is 268 g/mol. The summed E-state index contributed by atoms with van der Waals surface area (Å²) in [6, 6.07) is 8.19. The first-order chi connectivity index (χ1) is 8.24.